The summed E-state index contributed by atoms with van der Waals surface area (Å²) >= 11 is 0. The Morgan fingerprint density at radius 2 is 2.19 bits per heavy atom. The van der Waals surface area contributed by atoms with E-state index >= 15 is 0 Å². The monoisotopic (exact) mass is 219 g/mol. The summed E-state index contributed by atoms with van der Waals surface area (Å²) in [5.41, 5.74) is 2.81. The zero-order chi connectivity index (χ0) is 11.7. The van der Waals surface area contributed by atoms with Gasteiger partial charge in [-0.1, -0.05) is 28.9 Å². The molecule has 0 saturated carbocycles. The van der Waals surface area contributed by atoms with Gasteiger partial charge in [0.2, 0.25) is 0 Å². The molecule has 4 nitrogen and oxygen atoms in total. The van der Waals surface area contributed by atoms with E-state index in [1.807, 2.05) is 25.1 Å². The largest absolute Gasteiger partial charge is 0.469 e. The molecular weight excluding hydrogens is 206 g/mol. The molecule has 1 aromatic carbocycles. The third kappa shape index (κ3) is 1.60. The van der Waals surface area contributed by atoms with Crippen molar-refractivity contribution in [1.29, 1.82) is 0 Å². The Kier molecular flexibility index (Phi) is 2.73. The van der Waals surface area contributed by atoms with E-state index in [4.69, 9.17) is 4.74 Å². The number of aryl methyl sites for hydroxylation is 1. The van der Waals surface area contributed by atoms with Crippen LogP contribution in [0.4, 0.5) is 0 Å². The maximum Gasteiger partial charge on any atom is 0.313 e. The highest BCUT2D eigenvalue weighted by Gasteiger charge is 2.36. The second-order valence-electron chi connectivity index (χ2n) is 4.07. The fourth-order valence-electron chi connectivity index (χ4n) is 2.24. The van der Waals surface area contributed by atoms with E-state index in [0.29, 0.717) is 6.42 Å². The first-order valence-electron chi connectivity index (χ1n) is 5.18. The SMILES string of the molecule is COC(=O)C1CC(N=O)c2ccc(C)cc21. The Bertz CT molecular complexity index is 442. The molecule has 1 aromatic rings. The van der Waals surface area contributed by atoms with Crippen LogP contribution in [-0.4, -0.2) is 13.1 Å². The quantitative estimate of drug-likeness (QED) is 0.567. The van der Waals surface area contributed by atoms with Gasteiger partial charge >= 0.3 is 5.97 Å². The molecule has 84 valence electrons. The maximum atomic E-state index is 11.6. The van der Waals surface area contributed by atoms with E-state index in [0.717, 1.165) is 16.7 Å². The lowest BCUT2D eigenvalue weighted by Gasteiger charge is -2.08. The minimum absolute atomic E-state index is 0.294. The van der Waals surface area contributed by atoms with Crippen LogP contribution in [0, 0.1) is 11.8 Å². The second-order valence-corrected chi connectivity index (χ2v) is 4.07. The zero-order valence-corrected chi connectivity index (χ0v) is 9.27. The summed E-state index contributed by atoms with van der Waals surface area (Å²) in [6.07, 6.45) is 0.426. The highest BCUT2D eigenvalue weighted by Crippen LogP contribution is 2.43. The molecule has 0 spiro atoms. The van der Waals surface area contributed by atoms with Crippen LogP contribution in [0.2, 0.25) is 0 Å². The van der Waals surface area contributed by atoms with Gasteiger partial charge in [0, 0.05) is 0 Å². The smallest absolute Gasteiger partial charge is 0.313 e. The van der Waals surface area contributed by atoms with Crippen molar-refractivity contribution in [2.75, 3.05) is 7.11 Å². The number of ether oxygens (including phenoxy) is 1. The number of benzene rings is 1. The van der Waals surface area contributed by atoms with Crippen molar-refractivity contribution in [3.8, 4) is 0 Å². The van der Waals surface area contributed by atoms with E-state index < -0.39 is 6.04 Å². The van der Waals surface area contributed by atoms with Gasteiger partial charge in [0.25, 0.3) is 0 Å². The summed E-state index contributed by atoms with van der Waals surface area (Å²) in [6, 6.07) is 5.32. The van der Waals surface area contributed by atoms with Crippen molar-refractivity contribution >= 4 is 5.97 Å². The molecule has 0 radical (unpaired) electrons. The number of carbonyl (C=O) groups excluding carboxylic acids is 1. The summed E-state index contributed by atoms with van der Waals surface area (Å²) < 4.78 is 4.74. The number of fused-ring (bicyclic) bond motifs is 1. The summed E-state index contributed by atoms with van der Waals surface area (Å²) in [4.78, 5) is 22.3. The first-order chi connectivity index (χ1) is 7.67. The van der Waals surface area contributed by atoms with E-state index in [1.165, 1.54) is 7.11 Å². The van der Waals surface area contributed by atoms with E-state index in [-0.39, 0.29) is 11.9 Å². The Labute approximate surface area is 93.6 Å². The van der Waals surface area contributed by atoms with Crippen LogP contribution in [0.25, 0.3) is 0 Å². The standard InChI is InChI=1S/C12H13NO3/c1-7-3-4-8-9(5-7)10(12(14)16-2)6-11(8)13-15/h3-5,10-11H,6H2,1-2H3. The molecule has 2 unspecified atom stereocenters. The maximum absolute atomic E-state index is 11.6. The minimum atomic E-state index is -0.417. The zero-order valence-electron chi connectivity index (χ0n) is 9.27. The number of hydrogen-bond donors (Lipinski definition) is 0. The molecule has 16 heavy (non-hydrogen) atoms. The van der Waals surface area contributed by atoms with Crippen LogP contribution in [0.15, 0.2) is 23.4 Å². The van der Waals surface area contributed by atoms with E-state index in [9.17, 15) is 9.70 Å². The van der Waals surface area contributed by atoms with Gasteiger partial charge in [-0.3, -0.25) is 4.79 Å². The van der Waals surface area contributed by atoms with Crippen molar-refractivity contribution in [2.45, 2.75) is 25.3 Å². The van der Waals surface area contributed by atoms with Crippen molar-refractivity contribution in [2.24, 2.45) is 5.18 Å². The van der Waals surface area contributed by atoms with Gasteiger partial charge in [0.15, 0.2) is 0 Å². The lowest BCUT2D eigenvalue weighted by molar-refractivity contribution is -0.142. The molecule has 0 fully saturated rings. The fourth-order valence-corrected chi connectivity index (χ4v) is 2.24. The fraction of sp³-hybridized carbons (Fsp3) is 0.417. The molecule has 0 aliphatic heterocycles. The lowest BCUT2D eigenvalue weighted by Crippen LogP contribution is -2.11. The molecule has 0 amide bonds. The van der Waals surface area contributed by atoms with Crippen LogP contribution in [-0.2, 0) is 9.53 Å². The first kappa shape index (κ1) is 10.8. The van der Waals surface area contributed by atoms with Crippen molar-refractivity contribution in [1.82, 2.24) is 0 Å². The van der Waals surface area contributed by atoms with Gasteiger partial charge in [-0.25, -0.2) is 0 Å². The molecule has 1 aliphatic carbocycles. The van der Waals surface area contributed by atoms with Crippen LogP contribution in [0.5, 0.6) is 0 Å². The molecule has 2 atom stereocenters. The topological polar surface area (TPSA) is 55.7 Å². The highest BCUT2D eigenvalue weighted by atomic mass is 16.5. The molecule has 0 bridgehead atoms. The van der Waals surface area contributed by atoms with Crippen LogP contribution >= 0.6 is 0 Å². The van der Waals surface area contributed by atoms with Gasteiger partial charge < -0.3 is 4.74 Å². The van der Waals surface area contributed by atoms with Gasteiger partial charge in [-0.15, -0.1) is 0 Å². The molecular formula is C12H13NO3. The molecule has 2 rings (SSSR count). The summed E-state index contributed by atoms with van der Waals surface area (Å²) in [6.45, 7) is 1.95. The van der Waals surface area contributed by atoms with Gasteiger partial charge in [0.05, 0.1) is 13.0 Å². The van der Waals surface area contributed by atoms with Crippen LogP contribution in [0.3, 0.4) is 0 Å². The minimum Gasteiger partial charge on any atom is -0.469 e. The van der Waals surface area contributed by atoms with E-state index in [2.05, 4.69) is 5.18 Å². The van der Waals surface area contributed by atoms with Gasteiger partial charge in [-0.05, 0) is 24.5 Å². The van der Waals surface area contributed by atoms with Crippen molar-refractivity contribution in [3.05, 3.63) is 39.8 Å². The number of nitroso groups, excluding NO2 is 1. The first-order valence-corrected chi connectivity index (χ1v) is 5.18. The number of carbonyl (C=O) groups is 1. The van der Waals surface area contributed by atoms with Crippen molar-refractivity contribution in [3.63, 3.8) is 0 Å². The van der Waals surface area contributed by atoms with Gasteiger partial charge in [0.1, 0.15) is 6.04 Å². The predicted octanol–water partition coefficient (Wildman–Crippen LogP) is 2.46. The molecule has 4 heteroatoms. The number of nitrogens with zero attached hydrogens (tertiary/aromatic N) is 1. The molecule has 0 aromatic heterocycles. The van der Waals surface area contributed by atoms with Crippen LogP contribution in [0.1, 0.15) is 35.1 Å². The molecule has 0 heterocycles. The number of rotatable bonds is 2. The van der Waals surface area contributed by atoms with Crippen LogP contribution < -0.4 is 0 Å². The molecule has 0 saturated heterocycles. The Balaban J connectivity index is 2.46. The van der Waals surface area contributed by atoms with E-state index in [1.54, 1.807) is 0 Å². The highest BCUT2D eigenvalue weighted by molar-refractivity contribution is 5.80. The number of methoxy groups -OCH3 is 1. The normalized spacial score (nSPS) is 22.6. The summed E-state index contributed by atoms with van der Waals surface area (Å²) in [7, 11) is 1.36. The number of hydrogen-bond acceptors (Lipinski definition) is 4. The number of esters is 1. The predicted molar refractivity (Wildman–Crippen MR) is 59.1 cm³/mol. The summed E-state index contributed by atoms with van der Waals surface area (Å²) in [5.74, 6) is -0.638. The average Bonchev–Trinajstić information content (AvgIpc) is 2.66. The Morgan fingerprint density at radius 1 is 1.44 bits per heavy atom. The third-order valence-electron chi connectivity index (χ3n) is 3.05. The Hall–Kier alpha value is -1.71. The lowest BCUT2D eigenvalue weighted by atomic mass is 10.00. The third-order valence-corrected chi connectivity index (χ3v) is 3.05. The van der Waals surface area contributed by atoms with Crippen molar-refractivity contribution < 1.29 is 9.53 Å². The molecule has 1 aliphatic rings. The Morgan fingerprint density at radius 3 is 2.81 bits per heavy atom. The average molecular weight is 219 g/mol. The molecule has 0 N–H and O–H groups in total. The second kappa shape index (κ2) is 4.04. The van der Waals surface area contributed by atoms with Gasteiger partial charge in [-0.2, -0.15) is 4.91 Å². The summed E-state index contributed by atoms with van der Waals surface area (Å²) in [5, 5.41) is 3.07.